The van der Waals surface area contributed by atoms with Crippen LogP contribution in [-0.4, -0.2) is 41.7 Å². The van der Waals surface area contributed by atoms with Crippen LogP contribution in [-0.2, 0) is 4.79 Å². The number of aliphatic hydroxyl groups excluding tert-OH is 1. The second kappa shape index (κ2) is 10.8. The van der Waals surface area contributed by atoms with Gasteiger partial charge in [-0.05, 0) is 33.6 Å². The number of likely N-dealkylation sites (tertiary alicyclic amines) is 1. The Morgan fingerprint density at radius 2 is 1.79 bits per heavy atom. The number of amides is 1. The van der Waals surface area contributed by atoms with E-state index in [0.717, 1.165) is 25.9 Å². The lowest BCUT2D eigenvalue weighted by molar-refractivity contribution is -0.143. The van der Waals surface area contributed by atoms with E-state index in [4.69, 9.17) is 10.8 Å². The first-order valence-electron chi connectivity index (χ1n) is 6.92. The highest BCUT2D eigenvalue weighted by molar-refractivity contribution is 5.82. The molecule has 0 aromatic carbocycles. The third-order valence-corrected chi connectivity index (χ3v) is 2.80. The van der Waals surface area contributed by atoms with Gasteiger partial charge < -0.3 is 15.7 Å². The zero-order chi connectivity index (χ0) is 15.5. The maximum absolute atomic E-state index is 11.9. The number of nitrogens with two attached hydrogens (primary N) is 1. The van der Waals surface area contributed by atoms with E-state index in [2.05, 4.69) is 12.3 Å². The monoisotopic (exact) mass is 270 g/mol. The molecule has 1 heterocycles. The van der Waals surface area contributed by atoms with E-state index in [1.165, 1.54) is 0 Å². The van der Waals surface area contributed by atoms with Gasteiger partial charge in [-0.25, -0.2) is 0 Å². The van der Waals surface area contributed by atoms with E-state index in [-0.39, 0.29) is 18.6 Å². The summed E-state index contributed by atoms with van der Waals surface area (Å²) in [5.41, 5.74) is 5.10. The van der Waals surface area contributed by atoms with Crippen molar-refractivity contribution in [3.8, 4) is 12.3 Å². The standard InChI is InChI=1S/C10H20N2O2.C3H4.C2H6/c1-10(2,7-13)9(14)12-5-3-8(11)4-6-12;1-3-2;1-2/h8,13H,3-7,11H2,1-2H3;1H,2H3;1-2H3. The Morgan fingerprint density at radius 1 is 1.42 bits per heavy atom. The number of aliphatic hydroxyl groups is 1. The molecule has 1 aliphatic heterocycles. The predicted octanol–water partition coefficient (Wildman–Crippen LogP) is 1.62. The Hall–Kier alpha value is -1.05. The average molecular weight is 270 g/mol. The van der Waals surface area contributed by atoms with Gasteiger partial charge in [-0.1, -0.05) is 13.8 Å². The molecule has 19 heavy (non-hydrogen) atoms. The molecule has 4 heteroatoms. The van der Waals surface area contributed by atoms with Gasteiger partial charge in [0, 0.05) is 19.1 Å². The molecule has 0 unspecified atom stereocenters. The van der Waals surface area contributed by atoms with Crippen LogP contribution in [0, 0.1) is 17.8 Å². The van der Waals surface area contributed by atoms with Gasteiger partial charge in [0.1, 0.15) is 0 Å². The fourth-order valence-corrected chi connectivity index (χ4v) is 1.60. The lowest BCUT2D eigenvalue weighted by Gasteiger charge is -2.35. The Morgan fingerprint density at radius 3 is 2.11 bits per heavy atom. The molecule has 1 aliphatic rings. The van der Waals surface area contributed by atoms with Crippen molar-refractivity contribution in [2.45, 2.75) is 53.5 Å². The van der Waals surface area contributed by atoms with Gasteiger partial charge in [0.2, 0.25) is 5.91 Å². The molecule has 0 saturated carbocycles. The Bertz CT molecular complexity index is 274. The van der Waals surface area contributed by atoms with Crippen LogP contribution in [0.15, 0.2) is 0 Å². The number of hydrogen-bond donors (Lipinski definition) is 2. The molecule has 0 aromatic rings. The third-order valence-electron chi connectivity index (χ3n) is 2.80. The van der Waals surface area contributed by atoms with Gasteiger partial charge in [-0.3, -0.25) is 4.79 Å². The smallest absolute Gasteiger partial charge is 0.230 e. The highest BCUT2D eigenvalue weighted by Crippen LogP contribution is 2.20. The van der Waals surface area contributed by atoms with Crippen molar-refractivity contribution in [2.24, 2.45) is 11.1 Å². The van der Waals surface area contributed by atoms with Crippen molar-refractivity contribution in [2.75, 3.05) is 19.7 Å². The van der Waals surface area contributed by atoms with Gasteiger partial charge in [-0.15, -0.1) is 12.3 Å². The van der Waals surface area contributed by atoms with Crippen molar-refractivity contribution >= 4 is 5.91 Å². The second-order valence-corrected chi connectivity index (χ2v) is 4.96. The number of rotatable bonds is 2. The molecule has 0 aliphatic carbocycles. The molecule has 0 atom stereocenters. The Kier molecular flexibility index (Phi) is 11.6. The van der Waals surface area contributed by atoms with Gasteiger partial charge in [0.15, 0.2) is 0 Å². The molecule has 0 spiro atoms. The summed E-state index contributed by atoms with van der Waals surface area (Å²) < 4.78 is 0. The number of piperidine rings is 1. The summed E-state index contributed by atoms with van der Waals surface area (Å²) in [6.07, 6.45) is 6.33. The van der Waals surface area contributed by atoms with Gasteiger partial charge >= 0.3 is 0 Å². The first kappa shape index (κ1) is 20.3. The summed E-state index contributed by atoms with van der Waals surface area (Å²) >= 11 is 0. The van der Waals surface area contributed by atoms with Crippen LogP contribution in [0.2, 0.25) is 0 Å². The van der Waals surface area contributed by atoms with E-state index in [0.29, 0.717) is 0 Å². The van der Waals surface area contributed by atoms with E-state index in [9.17, 15) is 4.79 Å². The number of nitrogens with zero attached hydrogens (tertiary/aromatic N) is 1. The molecule has 4 nitrogen and oxygen atoms in total. The quantitative estimate of drug-likeness (QED) is 0.749. The molecule has 1 saturated heterocycles. The third kappa shape index (κ3) is 7.86. The van der Waals surface area contributed by atoms with Crippen LogP contribution in [0.4, 0.5) is 0 Å². The molecule has 3 N–H and O–H groups in total. The summed E-state index contributed by atoms with van der Waals surface area (Å²) in [5.74, 6) is 2.28. The highest BCUT2D eigenvalue weighted by atomic mass is 16.3. The minimum Gasteiger partial charge on any atom is -0.395 e. The van der Waals surface area contributed by atoms with Crippen molar-refractivity contribution in [3.63, 3.8) is 0 Å². The Balaban J connectivity index is 0. The minimum absolute atomic E-state index is 0.0342. The average Bonchev–Trinajstić information content (AvgIpc) is 2.42. The van der Waals surface area contributed by atoms with Crippen molar-refractivity contribution in [1.82, 2.24) is 4.90 Å². The molecule has 1 amide bonds. The SMILES string of the molecule is C#CC.CC.CC(C)(CO)C(=O)N1CCC(N)CC1. The second-order valence-electron chi connectivity index (χ2n) is 4.96. The molecule has 1 rings (SSSR count). The molecule has 0 radical (unpaired) electrons. The summed E-state index contributed by atoms with van der Waals surface area (Å²) in [4.78, 5) is 13.7. The maximum Gasteiger partial charge on any atom is 0.230 e. The molecule has 1 fully saturated rings. The Labute approximate surface area is 118 Å². The maximum atomic E-state index is 11.9. The van der Waals surface area contributed by atoms with Crippen LogP contribution >= 0.6 is 0 Å². The lowest BCUT2D eigenvalue weighted by atomic mass is 9.91. The zero-order valence-corrected chi connectivity index (χ0v) is 13.1. The predicted molar refractivity (Wildman–Crippen MR) is 80.5 cm³/mol. The van der Waals surface area contributed by atoms with Crippen molar-refractivity contribution < 1.29 is 9.90 Å². The van der Waals surface area contributed by atoms with Crippen LogP contribution in [0.1, 0.15) is 47.5 Å². The normalized spacial score (nSPS) is 15.4. The largest absolute Gasteiger partial charge is 0.395 e. The fourth-order valence-electron chi connectivity index (χ4n) is 1.60. The number of hydrogen-bond acceptors (Lipinski definition) is 3. The van der Waals surface area contributed by atoms with Crippen LogP contribution in [0.25, 0.3) is 0 Å². The first-order chi connectivity index (χ1) is 8.88. The summed E-state index contributed by atoms with van der Waals surface area (Å²) in [5, 5.41) is 9.07. The van der Waals surface area contributed by atoms with Crippen LogP contribution < -0.4 is 5.73 Å². The summed E-state index contributed by atoms with van der Waals surface area (Å²) in [7, 11) is 0. The summed E-state index contributed by atoms with van der Waals surface area (Å²) in [6, 6.07) is 0.233. The molecule has 0 aromatic heterocycles. The van der Waals surface area contributed by atoms with E-state index < -0.39 is 5.41 Å². The molecule has 0 bridgehead atoms. The van der Waals surface area contributed by atoms with E-state index in [1.807, 2.05) is 13.8 Å². The molecular weight excluding hydrogens is 240 g/mol. The van der Waals surface area contributed by atoms with Gasteiger partial charge in [-0.2, -0.15) is 0 Å². The van der Waals surface area contributed by atoms with Crippen LogP contribution in [0.3, 0.4) is 0 Å². The van der Waals surface area contributed by atoms with Crippen LogP contribution in [0.5, 0.6) is 0 Å². The lowest BCUT2D eigenvalue weighted by Crippen LogP contribution is -2.48. The molecule has 112 valence electrons. The number of terminal acetylenes is 1. The topological polar surface area (TPSA) is 66.6 Å². The zero-order valence-electron chi connectivity index (χ0n) is 13.1. The number of carbonyl (C=O) groups is 1. The van der Waals surface area contributed by atoms with Gasteiger partial charge in [0.05, 0.1) is 12.0 Å². The number of carbonyl (C=O) groups excluding carboxylic acids is 1. The van der Waals surface area contributed by atoms with Crippen molar-refractivity contribution in [1.29, 1.82) is 0 Å². The van der Waals surface area contributed by atoms with E-state index in [1.54, 1.807) is 25.7 Å². The summed E-state index contributed by atoms with van der Waals surface area (Å²) in [6.45, 7) is 10.5. The molecular formula is C15H30N2O2. The fraction of sp³-hybridized carbons (Fsp3) is 0.800. The first-order valence-corrected chi connectivity index (χ1v) is 6.92. The van der Waals surface area contributed by atoms with Crippen molar-refractivity contribution in [3.05, 3.63) is 0 Å². The van der Waals surface area contributed by atoms with E-state index >= 15 is 0 Å². The van der Waals surface area contributed by atoms with Gasteiger partial charge in [0.25, 0.3) is 0 Å². The highest BCUT2D eigenvalue weighted by Gasteiger charge is 2.32. The minimum atomic E-state index is -0.651.